The Morgan fingerprint density at radius 3 is 2.55 bits per heavy atom. The maximum atomic E-state index is 12.9. The lowest BCUT2D eigenvalue weighted by molar-refractivity contribution is -0.117. The summed E-state index contributed by atoms with van der Waals surface area (Å²) in [5, 5.41) is 10.9. The summed E-state index contributed by atoms with van der Waals surface area (Å²) in [7, 11) is -4.81. The quantitative estimate of drug-likeness (QED) is 0.621. The number of hydrogen-bond acceptors (Lipinski definition) is 6. The van der Waals surface area contributed by atoms with Gasteiger partial charge in [0.05, 0.1) is 17.1 Å². The predicted molar refractivity (Wildman–Crippen MR) is 110 cm³/mol. The number of nitrogens with zero attached hydrogens (tertiary/aromatic N) is 4. The molecule has 1 fully saturated rings. The van der Waals surface area contributed by atoms with Crippen molar-refractivity contribution in [2.24, 2.45) is 0 Å². The molecule has 0 atom stereocenters. The number of nitrogens with one attached hydrogen (secondary N) is 1. The first-order valence-electron chi connectivity index (χ1n) is 9.79. The predicted octanol–water partition coefficient (Wildman–Crippen LogP) is 2.54. The standard InChI is InChI=1S/C20H21F2N5O3S/c21-20(22)31(29,30)16-6-2-1-5-15(16)23-18(28)13-26-11-8-14(9-12-26)19-25-24-17-7-3-4-10-27(17)19/h1-7,10,14,20H,8-9,11-13H2,(H,23,28). The Morgan fingerprint density at radius 1 is 1.10 bits per heavy atom. The number of para-hydroxylation sites is 1. The summed E-state index contributed by atoms with van der Waals surface area (Å²) in [5.74, 6) is -2.90. The molecule has 4 rings (SSSR count). The van der Waals surface area contributed by atoms with Gasteiger partial charge < -0.3 is 5.32 Å². The molecule has 3 heterocycles. The van der Waals surface area contributed by atoms with E-state index in [9.17, 15) is 22.0 Å². The van der Waals surface area contributed by atoms with Crippen molar-refractivity contribution in [2.75, 3.05) is 25.0 Å². The van der Waals surface area contributed by atoms with E-state index in [1.54, 1.807) is 0 Å². The van der Waals surface area contributed by atoms with E-state index in [0.717, 1.165) is 30.4 Å². The number of amides is 1. The molecule has 8 nitrogen and oxygen atoms in total. The minimum absolute atomic E-state index is 0.0381. The van der Waals surface area contributed by atoms with Crippen LogP contribution in [0.4, 0.5) is 14.5 Å². The minimum atomic E-state index is -4.81. The Kier molecular flexibility index (Phi) is 5.96. The van der Waals surface area contributed by atoms with E-state index >= 15 is 0 Å². The molecule has 0 radical (unpaired) electrons. The molecule has 1 aromatic carbocycles. The van der Waals surface area contributed by atoms with Gasteiger partial charge in [0.15, 0.2) is 5.65 Å². The van der Waals surface area contributed by atoms with Gasteiger partial charge in [-0.1, -0.05) is 18.2 Å². The lowest BCUT2D eigenvalue weighted by atomic mass is 9.96. The number of sulfone groups is 1. The Bertz CT molecular complexity index is 1190. The Morgan fingerprint density at radius 2 is 1.81 bits per heavy atom. The highest BCUT2D eigenvalue weighted by atomic mass is 32.2. The van der Waals surface area contributed by atoms with Crippen LogP contribution in [0.3, 0.4) is 0 Å². The minimum Gasteiger partial charge on any atom is -0.324 e. The number of fused-ring (bicyclic) bond motifs is 1. The highest BCUT2D eigenvalue weighted by Crippen LogP contribution is 2.28. The summed E-state index contributed by atoms with van der Waals surface area (Å²) in [6, 6.07) is 10.9. The number of carbonyl (C=O) groups is 1. The van der Waals surface area contributed by atoms with Crippen LogP contribution in [-0.4, -0.2) is 59.2 Å². The third-order valence-corrected chi connectivity index (χ3v) is 6.80. The zero-order valence-corrected chi connectivity index (χ0v) is 17.3. The van der Waals surface area contributed by atoms with E-state index < -0.39 is 26.4 Å². The Labute approximate surface area is 177 Å². The third-order valence-electron chi connectivity index (χ3n) is 5.36. The maximum Gasteiger partial charge on any atom is 0.341 e. The van der Waals surface area contributed by atoms with Crippen LogP contribution in [0.25, 0.3) is 5.65 Å². The van der Waals surface area contributed by atoms with Crippen LogP contribution in [0.1, 0.15) is 24.6 Å². The highest BCUT2D eigenvalue weighted by Gasteiger charge is 2.30. The first kappa shape index (κ1) is 21.3. The topological polar surface area (TPSA) is 96.7 Å². The van der Waals surface area contributed by atoms with Crippen LogP contribution in [-0.2, 0) is 14.6 Å². The van der Waals surface area contributed by atoms with Gasteiger partial charge in [-0.2, -0.15) is 8.78 Å². The van der Waals surface area contributed by atoms with Crippen molar-refractivity contribution in [1.82, 2.24) is 19.5 Å². The molecule has 1 amide bonds. The zero-order chi connectivity index (χ0) is 22.0. The number of anilines is 1. The maximum absolute atomic E-state index is 12.9. The van der Waals surface area contributed by atoms with Gasteiger partial charge in [-0.25, -0.2) is 8.42 Å². The number of carbonyl (C=O) groups excluding carboxylic acids is 1. The van der Waals surface area contributed by atoms with E-state index in [2.05, 4.69) is 15.5 Å². The molecule has 2 aromatic heterocycles. The van der Waals surface area contributed by atoms with E-state index in [1.165, 1.54) is 18.2 Å². The molecule has 31 heavy (non-hydrogen) atoms. The van der Waals surface area contributed by atoms with Gasteiger partial charge in [-0.05, 0) is 50.2 Å². The van der Waals surface area contributed by atoms with Crippen molar-refractivity contribution in [2.45, 2.75) is 29.4 Å². The van der Waals surface area contributed by atoms with Gasteiger partial charge in [-0.15, -0.1) is 10.2 Å². The van der Waals surface area contributed by atoms with Crippen molar-refractivity contribution in [3.63, 3.8) is 0 Å². The number of halogens is 2. The van der Waals surface area contributed by atoms with Crippen LogP contribution in [0.15, 0.2) is 53.6 Å². The lowest BCUT2D eigenvalue weighted by Gasteiger charge is -2.30. The first-order valence-corrected chi connectivity index (χ1v) is 11.3. The van der Waals surface area contributed by atoms with E-state index in [4.69, 9.17) is 0 Å². The van der Waals surface area contributed by atoms with Crippen molar-refractivity contribution in [3.05, 3.63) is 54.5 Å². The summed E-state index contributed by atoms with van der Waals surface area (Å²) in [4.78, 5) is 13.8. The lowest BCUT2D eigenvalue weighted by Crippen LogP contribution is -2.39. The van der Waals surface area contributed by atoms with Crippen molar-refractivity contribution >= 4 is 27.1 Å². The molecule has 0 spiro atoms. The van der Waals surface area contributed by atoms with Crippen molar-refractivity contribution in [3.8, 4) is 0 Å². The molecule has 1 saturated heterocycles. The number of alkyl halides is 2. The molecule has 1 N–H and O–H groups in total. The van der Waals surface area contributed by atoms with Crippen LogP contribution >= 0.6 is 0 Å². The molecule has 1 aliphatic heterocycles. The normalized spacial score (nSPS) is 16.1. The van der Waals surface area contributed by atoms with Gasteiger partial charge >= 0.3 is 5.76 Å². The fraction of sp³-hybridized carbons (Fsp3) is 0.350. The zero-order valence-electron chi connectivity index (χ0n) is 16.5. The second-order valence-corrected chi connectivity index (χ2v) is 9.27. The van der Waals surface area contributed by atoms with Gasteiger partial charge in [0, 0.05) is 12.1 Å². The summed E-state index contributed by atoms with van der Waals surface area (Å²) in [5.41, 5.74) is 0.648. The molecule has 11 heteroatoms. The second-order valence-electron chi connectivity index (χ2n) is 7.39. The average molecular weight is 449 g/mol. The summed E-state index contributed by atoms with van der Waals surface area (Å²) in [6.45, 7) is 1.34. The van der Waals surface area contributed by atoms with E-state index in [1.807, 2.05) is 33.7 Å². The fourth-order valence-electron chi connectivity index (χ4n) is 3.79. The van der Waals surface area contributed by atoms with Crippen LogP contribution in [0, 0.1) is 0 Å². The Hall–Kier alpha value is -2.92. The van der Waals surface area contributed by atoms with Gasteiger partial charge in [0.2, 0.25) is 15.7 Å². The SMILES string of the molecule is O=C(CN1CCC(c2nnc3ccccn23)CC1)Nc1ccccc1S(=O)(=O)C(F)F. The molecular formula is C20H21F2N5O3S. The number of hydrogen-bond donors (Lipinski definition) is 1. The molecule has 1 aliphatic rings. The van der Waals surface area contributed by atoms with Gasteiger partial charge in [-0.3, -0.25) is 14.1 Å². The summed E-state index contributed by atoms with van der Waals surface area (Å²) < 4.78 is 51.5. The number of rotatable bonds is 6. The van der Waals surface area contributed by atoms with E-state index in [-0.39, 0.29) is 18.2 Å². The molecular weight excluding hydrogens is 428 g/mol. The van der Waals surface area contributed by atoms with Gasteiger partial charge in [0.1, 0.15) is 5.82 Å². The van der Waals surface area contributed by atoms with E-state index in [0.29, 0.717) is 13.1 Å². The fourth-order valence-corrected chi connectivity index (χ4v) is 4.68. The molecule has 0 aliphatic carbocycles. The molecule has 3 aromatic rings. The number of likely N-dealkylation sites (tertiary alicyclic amines) is 1. The molecule has 0 unspecified atom stereocenters. The molecule has 0 saturated carbocycles. The second kappa shape index (κ2) is 8.67. The number of pyridine rings is 1. The molecule has 164 valence electrons. The van der Waals surface area contributed by atoms with Crippen LogP contribution in [0.5, 0.6) is 0 Å². The molecule has 0 bridgehead atoms. The largest absolute Gasteiger partial charge is 0.341 e. The first-order chi connectivity index (χ1) is 14.9. The van der Waals surface area contributed by atoms with Crippen LogP contribution < -0.4 is 5.32 Å². The average Bonchev–Trinajstić information content (AvgIpc) is 3.18. The number of benzene rings is 1. The Balaban J connectivity index is 1.37. The summed E-state index contributed by atoms with van der Waals surface area (Å²) >= 11 is 0. The van der Waals surface area contributed by atoms with Gasteiger partial charge in [0.25, 0.3) is 0 Å². The van der Waals surface area contributed by atoms with Crippen molar-refractivity contribution < 1.29 is 22.0 Å². The third kappa shape index (κ3) is 4.42. The number of piperidine rings is 1. The van der Waals surface area contributed by atoms with Crippen LogP contribution in [0.2, 0.25) is 0 Å². The highest BCUT2D eigenvalue weighted by molar-refractivity contribution is 7.91. The number of aromatic nitrogens is 3. The summed E-state index contributed by atoms with van der Waals surface area (Å²) in [6.07, 6.45) is 3.51. The van der Waals surface area contributed by atoms with Crippen molar-refractivity contribution in [1.29, 1.82) is 0 Å². The smallest absolute Gasteiger partial charge is 0.324 e. The monoisotopic (exact) mass is 449 g/mol.